The first-order valence-corrected chi connectivity index (χ1v) is 46.4. The third kappa shape index (κ3) is 36.0. The predicted molar refractivity (Wildman–Crippen MR) is 506 cm³/mol. The van der Waals surface area contributed by atoms with Crippen LogP contribution >= 0.6 is 25.3 Å². The van der Waals surface area contributed by atoms with E-state index in [9.17, 15) is 97.5 Å². The van der Waals surface area contributed by atoms with Crippen molar-refractivity contribution in [3.63, 3.8) is 0 Å². The van der Waals surface area contributed by atoms with Crippen LogP contribution in [0.25, 0.3) is 21.8 Å². The van der Waals surface area contributed by atoms with Crippen molar-refractivity contribution in [3.8, 4) is 5.75 Å². The topological polar surface area (TPSA) is 753 Å². The number of unbranched alkanes of at least 4 members (excludes halogenated alkanes) is 1. The minimum absolute atomic E-state index is 0.0203. The molecule has 4 heterocycles. The molecule has 1 saturated heterocycles. The molecular weight excluding hydrogens is 1850 g/mol. The molecule has 3 aromatic carbocycles. The van der Waals surface area contributed by atoms with Gasteiger partial charge in [0.25, 0.3) is 0 Å². The first kappa shape index (κ1) is 112. The number of thiol groups is 2. The number of nitrogens with zero attached hydrogens (tertiary/aromatic N) is 2. The van der Waals surface area contributed by atoms with Gasteiger partial charge in [-0.15, -0.1) is 0 Å². The molecule has 1 fully saturated rings. The minimum Gasteiger partial charge on any atom is -0.508 e. The number of carbonyl (C=O) groups is 20. The number of rotatable bonds is 59. The summed E-state index contributed by atoms with van der Waals surface area (Å²) in [6.07, 6.45) is 0.271. The van der Waals surface area contributed by atoms with Crippen molar-refractivity contribution in [1.29, 1.82) is 0 Å². The standard InChI is InChI=1S/C90H124N22O25S2/c1-45(2)31-62(78(124)97-41-72(115)100-61(90(136)137)17-10-11-29-91)104-80(126)59(24-27-73(116)117)102-86(132)69(43-139)111-82(128)63(32-46(3)4)105-84(130)65(35-50-39-96-57-16-9-7-14-54(50)57)107-79(125)58(23-26-71(93)114)101-83(129)64(34-49-38-95-56-15-8-6-13-53(49)56)106-81(127)60(25-28-74(118)119)103-88(134)70-18-12-30-112(70)89(135)67(33-48-19-21-52(113)22-20-48)109-85(131)66(37-75(120)121)108-87(133)68(42-138)110-76(122)47(5)99-77(123)55(92)36-51-40-94-44-98-51/h6-9,13-16,19-22,38-40,44-47,55,58-70,95-96,113,138-139H,10-12,17-18,23-37,41-43,91-92H2,1-5H3,(H2,93,114)(H,94,98)(H,97,124)(H,99,123)(H,100,115)(H,101,129)(H,102,132)(H,103,134)(H,104,126)(H,105,130)(H,106,127)(H,107,125)(H,108,133)(H,109,131)(H,110,122)(H,111,128)(H,116,117)(H,118,119)(H,120,121)(H,136,137)/t47-,55-,58-,59-,60-,61-,62-,63-,64-,65-,66-,67-,68-,69-,70-/m0/s1. The van der Waals surface area contributed by atoms with Gasteiger partial charge in [0.15, 0.2) is 0 Å². The highest BCUT2D eigenvalue weighted by atomic mass is 32.1. The Balaban J connectivity index is 1.12. The van der Waals surface area contributed by atoms with Gasteiger partial charge in [0, 0.05) is 109 Å². The monoisotopic (exact) mass is 1980 g/mol. The lowest BCUT2D eigenvalue weighted by atomic mass is 9.99. The molecule has 15 atom stereocenters. The summed E-state index contributed by atoms with van der Waals surface area (Å²) in [4.78, 5) is 291. The maximum Gasteiger partial charge on any atom is 0.326 e. The number of imidazole rings is 1. The number of nitrogens with two attached hydrogens (primary N) is 3. The van der Waals surface area contributed by atoms with Gasteiger partial charge in [-0.2, -0.15) is 25.3 Å². The van der Waals surface area contributed by atoms with E-state index in [1.54, 1.807) is 82.4 Å². The summed E-state index contributed by atoms with van der Waals surface area (Å²) in [5.74, 6) is -24.2. The summed E-state index contributed by atoms with van der Waals surface area (Å²) in [5, 5.41) is 85.6. The number of benzene rings is 3. The number of hydrogen-bond acceptors (Lipinski definition) is 26. The van der Waals surface area contributed by atoms with Crippen LogP contribution in [-0.4, -0.2) is 291 Å². The van der Waals surface area contributed by atoms with E-state index in [2.05, 4.69) is 120 Å². The zero-order chi connectivity index (χ0) is 102. The lowest BCUT2D eigenvalue weighted by molar-refractivity contribution is -0.144. The van der Waals surface area contributed by atoms with Crippen LogP contribution in [0.2, 0.25) is 0 Å². The molecule has 49 heteroatoms. The number of hydrogen-bond donors (Lipinski definition) is 27. The predicted octanol–water partition coefficient (Wildman–Crippen LogP) is -3.26. The number of phenols is 1. The first-order chi connectivity index (χ1) is 65.9. The van der Waals surface area contributed by atoms with Crippen LogP contribution in [-0.2, 0) is 122 Å². The van der Waals surface area contributed by atoms with Crippen LogP contribution in [0.3, 0.4) is 0 Å². The van der Waals surface area contributed by atoms with E-state index in [4.69, 9.17) is 17.2 Å². The number of phenolic OH excluding ortho intramolecular Hbond substituents is 1. The average Bonchev–Trinajstić information content (AvgIpc) is 1.70. The van der Waals surface area contributed by atoms with Gasteiger partial charge in [-0.25, -0.2) is 9.78 Å². The summed E-state index contributed by atoms with van der Waals surface area (Å²) >= 11 is 8.50. The number of fused-ring (bicyclic) bond motifs is 2. The highest BCUT2D eigenvalue weighted by Crippen LogP contribution is 2.26. The molecule has 0 saturated carbocycles. The second-order valence-corrected chi connectivity index (χ2v) is 35.3. The molecule has 47 nitrogen and oxygen atoms in total. The fourth-order valence-corrected chi connectivity index (χ4v) is 15.8. The molecule has 0 aliphatic carbocycles. The van der Waals surface area contributed by atoms with Gasteiger partial charge < -0.3 is 137 Å². The van der Waals surface area contributed by atoms with Crippen molar-refractivity contribution in [2.75, 3.05) is 31.1 Å². The van der Waals surface area contributed by atoms with Gasteiger partial charge in [0.2, 0.25) is 94.5 Å². The number of aliphatic carboxylic acids is 4. The maximum absolute atomic E-state index is 15.4. The van der Waals surface area contributed by atoms with Crippen molar-refractivity contribution in [3.05, 3.63) is 120 Å². The normalized spacial score (nSPS) is 15.4. The maximum atomic E-state index is 15.4. The van der Waals surface area contributed by atoms with Crippen molar-refractivity contribution in [2.24, 2.45) is 29.0 Å². The summed E-state index contributed by atoms with van der Waals surface area (Å²) in [6.45, 7) is 7.43. The van der Waals surface area contributed by atoms with Crippen molar-refractivity contribution >= 4 is 165 Å². The smallest absolute Gasteiger partial charge is 0.326 e. The third-order valence-corrected chi connectivity index (χ3v) is 23.3. The first-order valence-electron chi connectivity index (χ1n) is 45.2. The molecule has 139 heavy (non-hydrogen) atoms. The van der Waals surface area contributed by atoms with Crippen LogP contribution in [0.5, 0.6) is 5.75 Å². The van der Waals surface area contributed by atoms with Crippen LogP contribution in [0.4, 0.5) is 0 Å². The van der Waals surface area contributed by atoms with Crippen LogP contribution in [0, 0.1) is 11.8 Å². The summed E-state index contributed by atoms with van der Waals surface area (Å²) in [5.41, 5.74) is 20.0. The molecule has 16 amide bonds. The van der Waals surface area contributed by atoms with Gasteiger partial charge in [0.1, 0.15) is 90.3 Å². The number of carbonyl (C=O) groups excluding carboxylic acids is 16. The number of H-pyrrole nitrogens is 3. The Bertz CT molecular complexity index is 5330. The van der Waals surface area contributed by atoms with Gasteiger partial charge in [-0.05, 0) is 130 Å². The molecule has 1 aliphatic rings. The highest BCUT2D eigenvalue weighted by Gasteiger charge is 2.43. The number of carboxylic acid groups (broad SMARTS) is 4. The highest BCUT2D eigenvalue weighted by molar-refractivity contribution is 7.80. The van der Waals surface area contributed by atoms with Crippen LogP contribution in [0.1, 0.15) is 147 Å². The molecule has 1 aliphatic heterocycles. The van der Waals surface area contributed by atoms with E-state index < -0.39 is 291 Å². The van der Waals surface area contributed by atoms with Crippen molar-refractivity contribution in [2.45, 2.75) is 241 Å². The molecule has 0 unspecified atom stereocenters. The van der Waals surface area contributed by atoms with Gasteiger partial charge in [0.05, 0.1) is 25.3 Å². The summed E-state index contributed by atoms with van der Waals surface area (Å²) < 4.78 is 0. The van der Waals surface area contributed by atoms with Gasteiger partial charge >= 0.3 is 23.9 Å². The van der Waals surface area contributed by atoms with E-state index in [1.165, 1.54) is 49.9 Å². The molecule has 0 bridgehead atoms. The van der Waals surface area contributed by atoms with Crippen molar-refractivity contribution < 1.29 is 121 Å². The van der Waals surface area contributed by atoms with E-state index in [0.717, 1.165) is 4.90 Å². The Labute approximate surface area is 809 Å². The number of aromatic hydroxyl groups is 1. The second kappa shape index (κ2) is 55.2. The molecule has 0 radical (unpaired) electrons. The Morgan fingerprint density at radius 3 is 1.39 bits per heavy atom. The molecule has 28 N–H and O–H groups in total. The number of nitrogens with one attached hydrogen (secondary N) is 17. The Hall–Kier alpha value is -14.2. The Kier molecular flexibility index (Phi) is 44.4. The second-order valence-electron chi connectivity index (χ2n) is 34.5. The van der Waals surface area contributed by atoms with E-state index in [0.29, 0.717) is 51.5 Å². The lowest BCUT2D eigenvalue weighted by Gasteiger charge is -2.31. The number of carboxylic acids is 4. The fraction of sp³-hybridized carbons (Fsp3) is 0.500. The quantitative estimate of drug-likeness (QED) is 0.0132. The van der Waals surface area contributed by atoms with E-state index in [-0.39, 0.29) is 75.3 Å². The largest absolute Gasteiger partial charge is 0.508 e. The van der Waals surface area contributed by atoms with Crippen LogP contribution in [0.15, 0.2) is 97.7 Å². The van der Waals surface area contributed by atoms with E-state index >= 15 is 24.0 Å². The number of likely N-dealkylation sites (tertiary alicyclic amines) is 1. The molecule has 3 aromatic heterocycles. The number of aromatic amines is 3. The number of para-hydroxylation sites is 2. The SMILES string of the molecule is CC(C)C[C@H](NC(=O)[C@H](CCC(=O)O)NC(=O)[C@H](CS)NC(=O)[C@H](CC(C)C)NC(=O)[C@H](Cc1c[nH]c2ccccc12)NC(=O)[C@H](CCC(N)=O)NC(=O)[C@H](Cc1c[nH]c2ccccc12)NC(=O)[C@H](CCC(=O)O)NC(=O)[C@@H]1CCCN1C(=O)[C@H](Cc1ccc(O)cc1)NC(=O)[C@H](CC(=O)O)NC(=O)[C@H](CS)NC(=O)[C@H](C)NC(=O)[C@@H](N)Cc1cnc[nH]1)C(=O)NCC(=O)N[C@@H](CCCCN)C(=O)O. The minimum atomic E-state index is -1.99. The third-order valence-electron chi connectivity index (χ3n) is 22.6. The zero-order valence-electron chi connectivity index (χ0n) is 77.2. The molecule has 756 valence electrons. The number of primary amides is 1. The Morgan fingerprint density at radius 1 is 0.460 bits per heavy atom. The zero-order valence-corrected chi connectivity index (χ0v) is 79.0. The molecule has 0 spiro atoms. The number of amides is 16. The molecular formula is C90H124N22O25S2. The molecule has 6 aromatic rings. The number of aromatic nitrogens is 4. The van der Waals surface area contributed by atoms with Gasteiger partial charge in [-0.1, -0.05) is 76.2 Å². The average molecular weight is 1980 g/mol. The van der Waals surface area contributed by atoms with Crippen LogP contribution < -0.4 is 91.6 Å². The lowest BCUT2D eigenvalue weighted by Crippen LogP contribution is -2.61. The van der Waals surface area contributed by atoms with E-state index in [1.807, 2.05) is 0 Å². The van der Waals surface area contributed by atoms with Gasteiger partial charge in [-0.3, -0.25) is 91.1 Å². The Morgan fingerprint density at radius 2 is 0.906 bits per heavy atom. The molecule has 7 rings (SSSR count). The fourth-order valence-electron chi connectivity index (χ4n) is 15.3. The van der Waals surface area contributed by atoms with Crippen molar-refractivity contribution in [1.82, 2.24) is 99.3 Å². The summed E-state index contributed by atoms with van der Waals surface area (Å²) in [7, 11) is 0. The summed E-state index contributed by atoms with van der Waals surface area (Å²) in [6, 6.07) is -5.23.